The van der Waals surface area contributed by atoms with Crippen molar-refractivity contribution < 1.29 is 27.4 Å². The molecule has 0 spiro atoms. The van der Waals surface area contributed by atoms with Crippen molar-refractivity contribution in [3.05, 3.63) is 71.8 Å². The number of likely N-dealkylation sites (tertiary alicyclic amines) is 1. The third-order valence-corrected chi connectivity index (χ3v) is 9.81. The summed E-state index contributed by atoms with van der Waals surface area (Å²) in [4.78, 5) is 19.0. The van der Waals surface area contributed by atoms with E-state index >= 15 is 0 Å². The molecule has 0 radical (unpaired) electrons. The minimum atomic E-state index is -3.85. The van der Waals surface area contributed by atoms with Crippen LogP contribution in [-0.4, -0.2) is 79.1 Å². The second-order valence-corrected chi connectivity index (χ2v) is 12.1. The normalized spacial score (nSPS) is 18.4. The van der Waals surface area contributed by atoms with Crippen molar-refractivity contribution in [3.63, 3.8) is 0 Å². The molecule has 2 aliphatic heterocycles. The van der Waals surface area contributed by atoms with Crippen molar-refractivity contribution in [1.29, 1.82) is 0 Å². The topological polar surface area (TPSA) is 103 Å². The van der Waals surface area contributed by atoms with Gasteiger partial charge in [-0.15, -0.1) is 0 Å². The van der Waals surface area contributed by atoms with Gasteiger partial charge in [0, 0.05) is 63.3 Å². The SMILES string of the molecule is COc1cc(C)c(S(=O)(=O)N2CCn3cccc3C2COCC(=O)N2CCC(Oc3ccncc3)CC2)c(C)c1. The fraction of sp³-hybridized carbons (Fsp3) is 0.448. The number of sulfonamides is 1. The smallest absolute Gasteiger partial charge is 0.248 e. The molecular formula is C29H36N4O6S. The molecule has 214 valence electrons. The Kier molecular flexibility index (Phi) is 8.43. The van der Waals surface area contributed by atoms with E-state index in [1.54, 1.807) is 50.4 Å². The van der Waals surface area contributed by atoms with Crippen LogP contribution in [0.1, 0.15) is 35.7 Å². The number of aromatic nitrogens is 2. The average molecular weight is 569 g/mol. The molecule has 0 bridgehead atoms. The summed E-state index contributed by atoms with van der Waals surface area (Å²) in [6.45, 7) is 5.55. The van der Waals surface area contributed by atoms with Crippen LogP contribution in [0.5, 0.6) is 11.5 Å². The van der Waals surface area contributed by atoms with Gasteiger partial charge in [-0.2, -0.15) is 4.31 Å². The number of carbonyl (C=O) groups is 1. The Balaban J connectivity index is 1.23. The van der Waals surface area contributed by atoms with E-state index in [9.17, 15) is 13.2 Å². The van der Waals surface area contributed by atoms with Gasteiger partial charge in [0.05, 0.1) is 24.7 Å². The van der Waals surface area contributed by atoms with Gasteiger partial charge in [-0.05, 0) is 61.4 Å². The van der Waals surface area contributed by atoms with Gasteiger partial charge in [0.25, 0.3) is 0 Å². The lowest BCUT2D eigenvalue weighted by molar-refractivity contribution is -0.138. The molecule has 2 aromatic heterocycles. The van der Waals surface area contributed by atoms with E-state index in [0.717, 1.165) is 24.3 Å². The summed E-state index contributed by atoms with van der Waals surface area (Å²) in [6, 6.07) is 10.4. The zero-order chi connectivity index (χ0) is 28.3. The highest BCUT2D eigenvalue weighted by Gasteiger charge is 2.38. The molecule has 1 unspecified atom stereocenters. The van der Waals surface area contributed by atoms with Crippen LogP contribution in [0.25, 0.3) is 0 Å². The van der Waals surface area contributed by atoms with Gasteiger partial charge in [0.2, 0.25) is 15.9 Å². The van der Waals surface area contributed by atoms with Crippen LogP contribution >= 0.6 is 0 Å². The Morgan fingerprint density at radius 3 is 2.38 bits per heavy atom. The number of ether oxygens (including phenoxy) is 3. The number of carbonyl (C=O) groups excluding carboxylic acids is 1. The molecule has 0 aliphatic carbocycles. The highest BCUT2D eigenvalue weighted by molar-refractivity contribution is 7.89. The molecule has 0 saturated carbocycles. The van der Waals surface area contributed by atoms with Crippen LogP contribution in [0.4, 0.5) is 0 Å². The van der Waals surface area contributed by atoms with Crippen molar-refractivity contribution in [2.75, 3.05) is 40.0 Å². The summed E-state index contributed by atoms with van der Waals surface area (Å²) in [6.07, 6.45) is 6.85. The lowest BCUT2D eigenvalue weighted by Gasteiger charge is -2.36. The molecule has 1 atom stereocenters. The number of nitrogens with zero attached hydrogens (tertiary/aromatic N) is 4. The van der Waals surface area contributed by atoms with Gasteiger partial charge in [-0.25, -0.2) is 8.42 Å². The third kappa shape index (κ3) is 5.86. The van der Waals surface area contributed by atoms with E-state index in [0.29, 0.717) is 43.1 Å². The van der Waals surface area contributed by atoms with Crippen LogP contribution in [0.15, 0.2) is 59.9 Å². The number of methoxy groups -OCH3 is 1. The predicted molar refractivity (Wildman–Crippen MR) is 149 cm³/mol. The molecule has 3 aromatic rings. The Labute approximate surface area is 235 Å². The number of pyridine rings is 1. The number of aryl methyl sites for hydroxylation is 2. The summed E-state index contributed by atoms with van der Waals surface area (Å²) in [5.41, 5.74) is 2.10. The maximum absolute atomic E-state index is 14.0. The van der Waals surface area contributed by atoms with E-state index in [2.05, 4.69) is 4.98 Å². The lowest BCUT2D eigenvalue weighted by atomic mass is 10.1. The van der Waals surface area contributed by atoms with Crippen LogP contribution in [-0.2, 0) is 26.1 Å². The highest BCUT2D eigenvalue weighted by atomic mass is 32.2. The largest absolute Gasteiger partial charge is 0.497 e. The number of piperidine rings is 1. The molecule has 11 heteroatoms. The number of rotatable bonds is 9. The first kappa shape index (κ1) is 28.1. The molecule has 2 aliphatic rings. The molecule has 1 aromatic carbocycles. The van der Waals surface area contributed by atoms with Gasteiger partial charge < -0.3 is 23.7 Å². The molecule has 1 fully saturated rings. The predicted octanol–water partition coefficient (Wildman–Crippen LogP) is 3.34. The molecule has 0 N–H and O–H groups in total. The first-order valence-corrected chi connectivity index (χ1v) is 15.0. The molecule has 4 heterocycles. The minimum Gasteiger partial charge on any atom is -0.497 e. The summed E-state index contributed by atoms with van der Waals surface area (Å²) >= 11 is 0. The summed E-state index contributed by atoms with van der Waals surface area (Å²) in [7, 11) is -2.29. The number of benzene rings is 1. The zero-order valence-electron chi connectivity index (χ0n) is 23.2. The van der Waals surface area contributed by atoms with E-state index in [4.69, 9.17) is 14.2 Å². The number of hydrogen-bond acceptors (Lipinski definition) is 7. The van der Waals surface area contributed by atoms with Crippen molar-refractivity contribution in [2.45, 2.75) is 50.3 Å². The lowest BCUT2D eigenvalue weighted by Crippen LogP contribution is -2.45. The molecule has 5 rings (SSSR count). The Morgan fingerprint density at radius 1 is 1.00 bits per heavy atom. The van der Waals surface area contributed by atoms with Crippen molar-refractivity contribution in [1.82, 2.24) is 18.8 Å². The van der Waals surface area contributed by atoms with Gasteiger partial charge in [0.1, 0.15) is 24.2 Å². The quantitative estimate of drug-likeness (QED) is 0.390. The van der Waals surface area contributed by atoms with Gasteiger partial charge in [-0.3, -0.25) is 9.78 Å². The number of fused-ring (bicyclic) bond motifs is 1. The fourth-order valence-corrected chi connectivity index (χ4v) is 7.63. The van der Waals surface area contributed by atoms with Crippen LogP contribution in [0, 0.1) is 13.8 Å². The summed E-state index contributed by atoms with van der Waals surface area (Å²) < 4.78 is 48.8. The van der Waals surface area contributed by atoms with Gasteiger partial charge in [0.15, 0.2) is 0 Å². The van der Waals surface area contributed by atoms with Crippen LogP contribution in [0.3, 0.4) is 0 Å². The second kappa shape index (κ2) is 12.0. The Morgan fingerprint density at radius 2 is 1.70 bits per heavy atom. The molecule has 1 saturated heterocycles. The van der Waals surface area contributed by atoms with E-state index < -0.39 is 16.1 Å². The summed E-state index contributed by atoms with van der Waals surface area (Å²) in [5.74, 6) is 1.29. The maximum atomic E-state index is 14.0. The molecule has 1 amide bonds. The van der Waals surface area contributed by atoms with Gasteiger partial charge in [-0.1, -0.05) is 0 Å². The van der Waals surface area contributed by atoms with Crippen molar-refractivity contribution in [3.8, 4) is 11.5 Å². The fourth-order valence-electron chi connectivity index (χ4n) is 5.63. The van der Waals surface area contributed by atoms with Crippen LogP contribution < -0.4 is 9.47 Å². The monoisotopic (exact) mass is 568 g/mol. The molecule has 40 heavy (non-hydrogen) atoms. The third-order valence-electron chi connectivity index (χ3n) is 7.60. The van der Waals surface area contributed by atoms with Crippen molar-refractivity contribution in [2.24, 2.45) is 0 Å². The van der Waals surface area contributed by atoms with Gasteiger partial charge >= 0.3 is 0 Å². The Bertz CT molecular complexity index is 1410. The molecule has 10 nitrogen and oxygen atoms in total. The first-order valence-electron chi connectivity index (χ1n) is 13.5. The standard InChI is InChI=1S/C29H36N4O6S/c1-21-17-25(37-3)18-22(2)29(21)40(35,36)33-16-15-31-12-4-5-26(31)27(33)19-38-20-28(34)32-13-8-24(9-14-32)39-23-6-10-30-11-7-23/h4-7,10-12,17-18,24,27H,8-9,13-16,19-20H2,1-3H3. The first-order chi connectivity index (χ1) is 19.3. The zero-order valence-corrected chi connectivity index (χ0v) is 24.0. The van der Waals surface area contributed by atoms with Crippen molar-refractivity contribution >= 4 is 15.9 Å². The second-order valence-electron chi connectivity index (χ2n) is 10.2. The Hall–Kier alpha value is -3.41. The average Bonchev–Trinajstić information content (AvgIpc) is 3.43. The summed E-state index contributed by atoms with van der Waals surface area (Å²) in [5, 5.41) is 0. The minimum absolute atomic E-state index is 0.0472. The highest BCUT2D eigenvalue weighted by Crippen LogP contribution is 2.35. The van der Waals surface area contributed by atoms with E-state index in [1.807, 2.05) is 35.0 Å². The van der Waals surface area contributed by atoms with E-state index in [1.165, 1.54) is 4.31 Å². The van der Waals surface area contributed by atoms with Crippen LogP contribution in [0.2, 0.25) is 0 Å². The maximum Gasteiger partial charge on any atom is 0.248 e. The number of amides is 1. The number of hydrogen-bond donors (Lipinski definition) is 0. The van der Waals surface area contributed by atoms with E-state index in [-0.39, 0.29) is 30.1 Å². The molecular weight excluding hydrogens is 532 g/mol.